The van der Waals surface area contributed by atoms with Crippen LogP contribution < -0.4 is 5.73 Å². The molecule has 0 saturated heterocycles. The zero-order valence-electron chi connectivity index (χ0n) is 44.9. The first-order valence-corrected chi connectivity index (χ1v) is 29.5. The zero-order valence-corrected chi connectivity index (χ0v) is 45.8. The quantitative estimate of drug-likeness (QED) is 0.0264. The lowest BCUT2D eigenvalue weighted by molar-refractivity contribution is -0.161. The molecule has 0 bridgehead atoms. The van der Waals surface area contributed by atoms with Crippen LogP contribution in [-0.4, -0.2) is 49.3 Å². The van der Waals surface area contributed by atoms with Crippen molar-refractivity contribution in [3.05, 3.63) is 122 Å². The number of ether oxygens (including phenoxy) is 2. The van der Waals surface area contributed by atoms with E-state index in [4.69, 9.17) is 24.3 Å². The number of hydrogen-bond donors (Lipinski definition) is 2. The Morgan fingerprint density at radius 2 is 0.732 bits per heavy atom. The Bertz CT molecular complexity index is 1570. The minimum absolute atomic E-state index is 0.0449. The van der Waals surface area contributed by atoms with Gasteiger partial charge in [-0.25, -0.2) is 4.57 Å². The SMILES string of the molecule is CC/C=C\C/C=C\C/C=C\C/C=C\C/C=C\C/C=C\CCCCCCCCCCCCCCC(=O)OC(COC(=O)CCCCCCCC/C=C\C/C=C\C/C=C\C/C=C\CC)COP(=O)(O)OCCN. The zero-order chi connectivity index (χ0) is 51.7. The number of unbranched alkanes of at least 4 members (excludes halogenated alkanes) is 18. The van der Waals surface area contributed by atoms with Crippen LogP contribution in [0, 0.1) is 0 Å². The fraction of sp³-hybridized carbons (Fsp3) is 0.639. The van der Waals surface area contributed by atoms with E-state index in [1.165, 1.54) is 57.8 Å². The molecule has 9 nitrogen and oxygen atoms in total. The molecule has 0 fully saturated rings. The highest BCUT2D eigenvalue weighted by molar-refractivity contribution is 7.47. The van der Waals surface area contributed by atoms with Crippen molar-refractivity contribution >= 4 is 19.8 Å². The van der Waals surface area contributed by atoms with Crippen molar-refractivity contribution in [2.24, 2.45) is 5.73 Å². The minimum Gasteiger partial charge on any atom is -0.462 e. The highest BCUT2D eigenvalue weighted by Crippen LogP contribution is 2.43. The Kier molecular flexibility index (Phi) is 52.9. The third-order valence-corrected chi connectivity index (χ3v) is 12.3. The molecule has 0 radical (unpaired) electrons. The fourth-order valence-electron chi connectivity index (χ4n) is 7.28. The first-order chi connectivity index (χ1) is 34.8. The van der Waals surface area contributed by atoms with Crippen LogP contribution in [0.5, 0.6) is 0 Å². The summed E-state index contributed by atoms with van der Waals surface area (Å²) < 4.78 is 33.0. The molecule has 0 aliphatic rings. The summed E-state index contributed by atoms with van der Waals surface area (Å²) in [5, 5.41) is 0. The monoisotopic (exact) mass is 1010 g/mol. The van der Waals surface area contributed by atoms with Gasteiger partial charge in [0.25, 0.3) is 0 Å². The van der Waals surface area contributed by atoms with Crippen molar-refractivity contribution in [1.29, 1.82) is 0 Å². The molecule has 10 heteroatoms. The van der Waals surface area contributed by atoms with Crippen LogP contribution >= 0.6 is 7.82 Å². The second-order valence-corrected chi connectivity index (χ2v) is 19.5. The Labute approximate surface area is 434 Å². The molecule has 0 aliphatic carbocycles. The summed E-state index contributed by atoms with van der Waals surface area (Å²) in [5.74, 6) is -0.853. The third-order valence-electron chi connectivity index (χ3n) is 11.3. The van der Waals surface area contributed by atoms with Crippen LogP contribution in [0.4, 0.5) is 0 Å². The summed E-state index contributed by atoms with van der Waals surface area (Å²) in [7, 11) is -4.40. The van der Waals surface area contributed by atoms with E-state index in [0.29, 0.717) is 12.8 Å². The smallest absolute Gasteiger partial charge is 0.462 e. The van der Waals surface area contributed by atoms with Crippen LogP contribution in [0.25, 0.3) is 0 Å². The van der Waals surface area contributed by atoms with Crippen molar-refractivity contribution < 1.29 is 37.6 Å². The van der Waals surface area contributed by atoms with Crippen molar-refractivity contribution in [3.8, 4) is 0 Å². The fourth-order valence-corrected chi connectivity index (χ4v) is 8.04. The molecule has 2 unspecified atom stereocenters. The van der Waals surface area contributed by atoms with Crippen LogP contribution in [0.3, 0.4) is 0 Å². The summed E-state index contributed by atoms with van der Waals surface area (Å²) in [6, 6.07) is 0. The number of hydrogen-bond acceptors (Lipinski definition) is 8. The summed E-state index contributed by atoms with van der Waals surface area (Å²) in [6.45, 7) is 3.49. The number of nitrogens with two attached hydrogens (primary N) is 1. The number of allylic oxidation sites excluding steroid dienone is 20. The molecule has 3 N–H and O–H groups in total. The molecule has 0 saturated carbocycles. The van der Waals surface area contributed by atoms with E-state index in [0.717, 1.165) is 122 Å². The van der Waals surface area contributed by atoms with Crippen LogP contribution in [0.1, 0.15) is 219 Å². The average Bonchev–Trinajstić information content (AvgIpc) is 3.36. The maximum Gasteiger partial charge on any atom is 0.472 e. The number of esters is 2. The van der Waals surface area contributed by atoms with Crippen molar-refractivity contribution in [1.82, 2.24) is 0 Å². The maximum atomic E-state index is 12.7. The third kappa shape index (κ3) is 55.6. The molecule has 0 spiro atoms. The number of phosphoric ester groups is 1. The van der Waals surface area contributed by atoms with Gasteiger partial charge in [-0.05, 0) is 103 Å². The molecule has 0 heterocycles. The van der Waals surface area contributed by atoms with Crippen LogP contribution in [0.2, 0.25) is 0 Å². The molecular weight excluding hydrogens is 906 g/mol. The van der Waals surface area contributed by atoms with Gasteiger partial charge in [0.1, 0.15) is 6.61 Å². The summed E-state index contributed by atoms with van der Waals surface area (Å²) in [5.41, 5.74) is 5.38. The molecule has 0 amide bonds. The van der Waals surface area contributed by atoms with Gasteiger partial charge in [-0.3, -0.25) is 18.6 Å². The van der Waals surface area contributed by atoms with E-state index in [1.54, 1.807) is 0 Å². The predicted molar refractivity (Wildman–Crippen MR) is 302 cm³/mol. The molecular formula is C61H102NO8P. The molecule has 2 atom stereocenters. The molecule has 0 aliphatic heterocycles. The first kappa shape index (κ1) is 67.4. The van der Waals surface area contributed by atoms with E-state index in [-0.39, 0.29) is 32.6 Å². The highest BCUT2D eigenvalue weighted by atomic mass is 31.2. The van der Waals surface area contributed by atoms with E-state index in [9.17, 15) is 19.0 Å². The first-order valence-electron chi connectivity index (χ1n) is 28.0. The van der Waals surface area contributed by atoms with Crippen LogP contribution in [-0.2, 0) is 32.7 Å². The van der Waals surface area contributed by atoms with E-state index in [2.05, 4.69) is 135 Å². The summed E-state index contributed by atoms with van der Waals surface area (Å²) in [6.07, 6.45) is 76.7. The Morgan fingerprint density at radius 3 is 1.08 bits per heavy atom. The van der Waals surface area contributed by atoms with Gasteiger partial charge < -0.3 is 20.1 Å². The van der Waals surface area contributed by atoms with Crippen LogP contribution in [0.15, 0.2) is 122 Å². The number of carbonyl (C=O) groups is 2. The molecule has 0 aromatic rings. The largest absolute Gasteiger partial charge is 0.472 e. The van der Waals surface area contributed by atoms with E-state index >= 15 is 0 Å². The second-order valence-electron chi connectivity index (χ2n) is 18.0. The molecule has 0 aromatic carbocycles. The predicted octanol–water partition coefficient (Wildman–Crippen LogP) is 17.6. The minimum atomic E-state index is -4.40. The highest BCUT2D eigenvalue weighted by Gasteiger charge is 2.26. The van der Waals surface area contributed by atoms with Gasteiger partial charge in [0, 0.05) is 19.4 Å². The second kappa shape index (κ2) is 55.7. The molecule has 0 rings (SSSR count). The summed E-state index contributed by atoms with van der Waals surface area (Å²) >= 11 is 0. The van der Waals surface area contributed by atoms with Gasteiger partial charge in [-0.2, -0.15) is 0 Å². The molecule has 404 valence electrons. The lowest BCUT2D eigenvalue weighted by atomic mass is 10.0. The Balaban J connectivity index is 4.02. The number of carbonyl (C=O) groups excluding carboxylic acids is 2. The van der Waals surface area contributed by atoms with Gasteiger partial charge in [0.2, 0.25) is 0 Å². The number of phosphoric acid groups is 1. The number of rotatable bonds is 51. The normalized spacial score (nSPS) is 14.0. The lowest BCUT2D eigenvalue weighted by Crippen LogP contribution is -2.29. The van der Waals surface area contributed by atoms with Crippen molar-refractivity contribution in [2.75, 3.05) is 26.4 Å². The standard InChI is InChI=1S/C61H102NO8P/c1-3-5-7-9-11-13-15-17-19-21-23-24-25-26-27-28-29-30-31-32-33-34-36-38-40-42-44-46-48-50-52-54-61(64)70-59(58-69-71(65,66)68-56-55-62)57-67-60(63)53-51-49-47-45-43-41-39-37-35-22-20-18-16-14-12-10-8-6-4-2/h5-8,11-14,17-20,23-24,26-27,29-30,35,37,59H,3-4,9-10,15-16,21-22,25,28,31-34,36,38-58,62H2,1-2H3,(H,65,66)/b7-5-,8-6-,13-11-,14-12-,19-17-,20-18-,24-23-,27-26-,30-29-,37-35-. The lowest BCUT2D eigenvalue weighted by Gasteiger charge is -2.19. The van der Waals surface area contributed by atoms with Gasteiger partial charge in [-0.1, -0.05) is 225 Å². The maximum absolute atomic E-state index is 12.7. The van der Waals surface area contributed by atoms with Crippen molar-refractivity contribution in [3.63, 3.8) is 0 Å². The van der Waals surface area contributed by atoms with E-state index < -0.39 is 32.5 Å². The van der Waals surface area contributed by atoms with Gasteiger partial charge in [-0.15, -0.1) is 0 Å². The molecule has 0 aromatic heterocycles. The van der Waals surface area contributed by atoms with Crippen molar-refractivity contribution in [2.45, 2.75) is 225 Å². The summed E-state index contributed by atoms with van der Waals surface area (Å²) in [4.78, 5) is 35.2. The van der Waals surface area contributed by atoms with Gasteiger partial charge in [0.15, 0.2) is 6.10 Å². The van der Waals surface area contributed by atoms with Gasteiger partial charge >= 0.3 is 19.8 Å². The Morgan fingerprint density at radius 1 is 0.423 bits per heavy atom. The molecule has 71 heavy (non-hydrogen) atoms. The Hall–Kier alpha value is -3.59. The topological polar surface area (TPSA) is 134 Å². The average molecular weight is 1010 g/mol. The van der Waals surface area contributed by atoms with Gasteiger partial charge in [0.05, 0.1) is 13.2 Å². The van der Waals surface area contributed by atoms with E-state index in [1.807, 2.05) is 0 Å².